The van der Waals surface area contributed by atoms with Crippen LogP contribution in [0.1, 0.15) is 23.2 Å². The van der Waals surface area contributed by atoms with Gasteiger partial charge >= 0.3 is 6.03 Å². The highest BCUT2D eigenvalue weighted by molar-refractivity contribution is 9.10. The van der Waals surface area contributed by atoms with E-state index < -0.39 is 23.3 Å². The molecule has 1 aromatic heterocycles. The summed E-state index contributed by atoms with van der Waals surface area (Å²) in [6, 6.07) is 8.30. The molecule has 1 unspecified atom stereocenters. The fourth-order valence-electron chi connectivity index (χ4n) is 4.15. The predicted molar refractivity (Wildman–Crippen MR) is 149 cm³/mol. The molecule has 1 atom stereocenters. The maximum Gasteiger partial charge on any atom is 0.329 e. The van der Waals surface area contributed by atoms with Gasteiger partial charge in [-0.25, -0.2) is 13.9 Å². The number of nitrogens with zero attached hydrogens (tertiary/aromatic N) is 2. The van der Waals surface area contributed by atoms with E-state index in [4.69, 9.17) is 34.8 Å². The van der Waals surface area contributed by atoms with Crippen molar-refractivity contribution in [3.05, 3.63) is 108 Å². The average Bonchev–Trinajstić information content (AvgIpc) is 3.31. The van der Waals surface area contributed by atoms with Gasteiger partial charge in [-0.15, -0.1) is 11.6 Å². The van der Waals surface area contributed by atoms with E-state index in [2.05, 4.69) is 26.3 Å². The fraction of sp³-hybridized carbons (Fsp3) is 0.115. The zero-order valence-electron chi connectivity index (χ0n) is 19.3. The Balaban J connectivity index is 1.61. The maximum atomic E-state index is 14.2. The second kappa shape index (κ2) is 10.6. The first kappa shape index (κ1) is 26.5. The first-order valence-corrected chi connectivity index (χ1v) is 13.2. The number of halogens is 5. The van der Waals surface area contributed by atoms with Crippen LogP contribution in [-0.4, -0.2) is 32.0 Å². The van der Waals surface area contributed by atoms with E-state index in [0.717, 1.165) is 4.90 Å². The number of hydrogen-bond acceptors (Lipinski definition) is 3. The number of nitrogens with one attached hydrogen (secondary N) is 2. The molecule has 2 N–H and O–H groups in total. The van der Waals surface area contributed by atoms with Crippen molar-refractivity contribution in [1.82, 2.24) is 20.0 Å². The SMILES string of the molecule is O=C1N/C(=C\c2c(C3=CCC(Cl)C=C3)[nH]n(-c3c(Cl)cc(Br)cc3Cl)c2=O)C(=O)N1Cc1ccccc1F. The number of rotatable bonds is 5. The Kier molecular flexibility index (Phi) is 7.37. The summed E-state index contributed by atoms with van der Waals surface area (Å²) in [5, 5.41) is 5.72. The summed E-state index contributed by atoms with van der Waals surface area (Å²) in [4.78, 5) is 40.3. The molecule has 1 aliphatic carbocycles. The van der Waals surface area contributed by atoms with Gasteiger partial charge in [-0.3, -0.25) is 19.6 Å². The zero-order valence-corrected chi connectivity index (χ0v) is 23.1. The molecule has 2 aromatic carbocycles. The van der Waals surface area contributed by atoms with Gasteiger partial charge in [-0.2, -0.15) is 0 Å². The van der Waals surface area contributed by atoms with Crippen molar-refractivity contribution in [3.8, 4) is 5.69 Å². The number of urea groups is 1. The monoisotopic (exact) mass is 636 g/mol. The Morgan fingerprint density at radius 2 is 1.84 bits per heavy atom. The molecule has 38 heavy (non-hydrogen) atoms. The van der Waals surface area contributed by atoms with Gasteiger partial charge in [0.25, 0.3) is 11.5 Å². The zero-order chi connectivity index (χ0) is 27.1. The molecule has 5 rings (SSSR count). The number of aromatic amines is 1. The number of alkyl halides is 1. The summed E-state index contributed by atoms with van der Waals surface area (Å²) in [7, 11) is 0. The third-order valence-corrected chi connectivity index (χ3v) is 7.36. The predicted octanol–water partition coefficient (Wildman–Crippen LogP) is 6.42. The molecular formula is C26H17BrCl3FN4O3. The second-order valence-corrected chi connectivity index (χ2v) is 10.8. The highest BCUT2D eigenvalue weighted by atomic mass is 79.9. The van der Waals surface area contributed by atoms with Crippen LogP contribution in [0.4, 0.5) is 9.18 Å². The molecule has 12 heteroatoms. The molecule has 1 fully saturated rings. The van der Waals surface area contributed by atoms with Crippen LogP contribution in [0.25, 0.3) is 17.3 Å². The van der Waals surface area contributed by atoms with Gasteiger partial charge in [0.2, 0.25) is 0 Å². The molecule has 1 aliphatic heterocycles. The van der Waals surface area contributed by atoms with E-state index in [0.29, 0.717) is 22.2 Å². The first-order chi connectivity index (χ1) is 18.1. The van der Waals surface area contributed by atoms with Crippen molar-refractivity contribution in [2.45, 2.75) is 18.3 Å². The number of carbonyl (C=O) groups is 2. The van der Waals surface area contributed by atoms with Crippen molar-refractivity contribution in [3.63, 3.8) is 0 Å². The van der Waals surface area contributed by atoms with Crippen LogP contribution in [0.2, 0.25) is 10.0 Å². The molecular weight excluding hydrogens is 622 g/mol. The minimum absolute atomic E-state index is 0.0837. The van der Waals surface area contributed by atoms with Crippen LogP contribution >= 0.6 is 50.7 Å². The second-order valence-electron chi connectivity index (χ2n) is 8.50. The lowest BCUT2D eigenvalue weighted by Gasteiger charge is -2.12. The van der Waals surface area contributed by atoms with Crippen molar-refractivity contribution >= 4 is 74.3 Å². The first-order valence-electron chi connectivity index (χ1n) is 11.2. The normalized spacial score (nSPS) is 18.3. The smallest absolute Gasteiger partial charge is 0.303 e. The molecule has 7 nitrogen and oxygen atoms in total. The van der Waals surface area contributed by atoms with E-state index >= 15 is 0 Å². The van der Waals surface area contributed by atoms with Gasteiger partial charge in [0.1, 0.15) is 17.2 Å². The Morgan fingerprint density at radius 1 is 1.13 bits per heavy atom. The number of hydrogen-bond donors (Lipinski definition) is 2. The highest BCUT2D eigenvalue weighted by Crippen LogP contribution is 2.33. The van der Waals surface area contributed by atoms with Gasteiger partial charge < -0.3 is 5.32 Å². The standard InChI is InChI=1S/C26H17BrCl3FN4O3/c27-15-9-18(29)23(19(30)10-15)35-24(36)17(22(33-35)13-5-7-16(28)8-6-13)11-21-25(37)34(26(38)32-21)12-14-3-1-2-4-20(14)31/h1-7,9-11,16,33H,8,12H2,(H,32,38)/b21-11-. The van der Waals surface area contributed by atoms with Gasteiger partial charge in [0, 0.05) is 10.0 Å². The minimum atomic E-state index is -0.734. The topological polar surface area (TPSA) is 87.2 Å². The number of allylic oxidation sites excluding steroid dienone is 4. The molecule has 0 saturated carbocycles. The van der Waals surface area contributed by atoms with Crippen LogP contribution < -0.4 is 10.9 Å². The third-order valence-electron chi connectivity index (χ3n) is 6.01. The van der Waals surface area contributed by atoms with Gasteiger partial charge in [0.15, 0.2) is 0 Å². The quantitative estimate of drug-likeness (QED) is 0.192. The molecule has 0 spiro atoms. The Morgan fingerprint density at radius 3 is 2.50 bits per heavy atom. The van der Waals surface area contributed by atoms with Crippen LogP contribution in [0.3, 0.4) is 0 Å². The molecule has 2 aliphatic rings. The number of amides is 3. The van der Waals surface area contributed by atoms with Crippen LogP contribution in [0.15, 0.2) is 69.6 Å². The molecule has 3 aromatic rings. The minimum Gasteiger partial charge on any atom is -0.303 e. The fourth-order valence-corrected chi connectivity index (χ4v) is 5.69. The summed E-state index contributed by atoms with van der Waals surface area (Å²) in [6.45, 7) is -0.270. The third kappa shape index (κ3) is 4.99. The number of aromatic nitrogens is 2. The Hall–Kier alpha value is -3.11. The summed E-state index contributed by atoms with van der Waals surface area (Å²) in [5.41, 5.74) is 0.789. The van der Waals surface area contributed by atoms with Crippen LogP contribution in [-0.2, 0) is 11.3 Å². The lowest BCUT2D eigenvalue weighted by atomic mass is 10.0. The van der Waals surface area contributed by atoms with Crippen molar-refractivity contribution in [2.24, 2.45) is 0 Å². The number of imide groups is 1. The van der Waals surface area contributed by atoms with E-state index in [1.807, 2.05) is 6.08 Å². The number of H-pyrrole nitrogens is 1. The number of benzene rings is 2. The van der Waals surface area contributed by atoms with Crippen LogP contribution in [0.5, 0.6) is 0 Å². The van der Waals surface area contributed by atoms with E-state index in [-0.39, 0.29) is 44.5 Å². The lowest BCUT2D eigenvalue weighted by Crippen LogP contribution is -2.30. The number of carbonyl (C=O) groups excluding carboxylic acids is 2. The van der Waals surface area contributed by atoms with E-state index in [1.165, 1.54) is 29.0 Å². The van der Waals surface area contributed by atoms with Gasteiger partial charge in [-0.1, -0.05) is 75.6 Å². The summed E-state index contributed by atoms with van der Waals surface area (Å²) in [6.07, 6.45) is 7.18. The Labute approximate surface area is 239 Å². The Bertz CT molecular complexity index is 1620. The summed E-state index contributed by atoms with van der Waals surface area (Å²) < 4.78 is 16.0. The molecule has 0 radical (unpaired) electrons. The van der Waals surface area contributed by atoms with Crippen molar-refractivity contribution in [1.29, 1.82) is 0 Å². The van der Waals surface area contributed by atoms with Gasteiger partial charge in [-0.05, 0) is 36.3 Å². The summed E-state index contributed by atoms with van der Waals surface area (Å²) in [5.74, 6) is -1.25. The van der Waals surface area contributed by atoms with Crippen molar-refractivity contribution < 1.29 is 14.0 Å². The molecule has 2 heterocycles. The largest absolute Gasteiger partial charge is 0.329 e. The van der Waals surface area contributed by atoms with Gasteiger partial charge in [0.05, 0.1) is 33.2 Å². The van der Waals surface area contributed by atoms with Crippen LogP contribution in [0, 0.1) is 5.82 Å². The molecule has 194 valence electrons. The molecule has 1 saturated heterocycles. The molecule has 0 bridgehead atoms. The van der Waals surface area contributed by atoms with E-state index in [9.17, 15) is 18.8 Å². The lowest BCUT2D eigenvalue weighted by molar-refractivity contribution is -0.123. The molecule has 3 amide bonds. The summed E-state index contributed by atoms with van der Waals surface area (Å²) >= 11 is 22.3. The maximum absolute atomic E-state index is 14.2. The highest BCUT2D eigenvalue weighted by Gasteiger charge is 2.35. The average molecular weight is 639 g/mol. The van der Waals surface area contributed by atoms with E-state index in [1.54, 1.807) is 30.4 Å². The van der Waals surface area contributed by atoms with Crippen molar-refractivity contribution in [2.75, 3.05) is 0 Å².